The molecule has 0 saturated heterocycles. The molecule has 0 fully saturated rings. The van der Waals surface area contributed by atoms with Gasteiger partial charge in [0.25, 0.3) is 0 Å². The smallest absolute Gasteiger partial charge is 0.327 e. The maximum atomic E-state index is 11.1. The second kappa shape index (κ2) is 4.05. The van der Waals surface area contributed by atoms with E-state index in [9.17, 15) is 15.0 Å². The van der Waals surface area contributed by atoms with Gasteiger partial charge in [-0.05, 0) is 0 Å². The van der Waals surface area contributed by atoms with Crippen molar-refractivity contribution in [3.05, 3.63) is 17.7 Å². The molecule has 6 heteroatoms. The fraction of sp³-hybridized carbons (Fsp3) is 0.222. The zero-order valence-corrected chi connectivity index (χ0v) is 7.97. The summed E-state index contributed by atoms with van der Waals surface area (Å²) in [5.74, 6) is -2.06. The van der Waals surface area contributed by atoms with Gasteiger partial charge in [0.1, 0.15) is 23.3 Å². The Labute approximate surface area is 85.5 Å². The average Bonchev–Trinajstić information content (AvgIpc) is 2.14. The molecule has 1 aromatic carbocycles. The lowest BCUT2D eigenvalue weighted by Crippen LogP contribution is -2.22. The van der Waals surface area contributed by atoms with E-state index in [4.69, 9.17) is 10.8 Å². The highest BCUT2D eigenvalue weighted by Gasteiger charge is 2.23. The predicted molar refractivity (Wildman–Crippen MR) is 50.4 cm³/mol. The van der Waals surface area contributed by atoms with Crippen molar-refractivity contribution < 1.29 is 24.9 Å². The van der Waals surface area contributed by atoms with Crippen LogP contribution in [0.4, 0.5) is 0 Å². The van der Waals surface area contributed by atoms with E-state index < -0.39 is 23.5 Å². The summed E-state index contributed by atoms with van der Waals surface area (Å²) in [6.45, 7) is 0. The fourth-order valence-corrected chi connectivity index (χ4v) is 1.17. The van der Waals surface area contributed by atoms with Gasteiger partial charge >= 0.3 is 5.97 Å². The van der Waals surface area contributed by atoms with Crippen molar-refractivity contribution in [2.75, 3.05) is 7.11 Å². The molecule has 82 valence electrons. The van der Waals surface area contributed by atoms with Crippen molar-refractivity contribution in [2.24, 2.45) is 5.73 Å². The number of carbonyl (C=O) groups excluding carboxylic acids is 1. The van der Waals surface area contributed by atoms with Crippen LogP contribution in [0.25, 0.3) is 0 Å². The summed E-state index contributed by atoms with van der Waals surface area (Å²) in [6, 6.07) is 0.644. The van der Waals surface area contributed by atoms with Crippen LogP contribution in [0.15, 0.2) is 12.1 Å². The number of phenolic OH excluding ortho intramolecular Hbond substituents is 3. The van der Waals surface area contributed by atoms with E-state index in [0.717, 1.165) is 19.2 Å². The van der Waals surface area contributed by atoms with Crippen molar-refractivity contribution in [3.8, 4) is 17.2 Å². The Morgan fingerprint density at radius 2 is 1.80 bits per heavy atom. The highest BCUT2D eigenvalue weighted by molar-refractivity contribution is 5.79. The molecule has 6 nitrogen and oxygen atoms in total. The van der Waals surface area contributed by atoms with Crippen molar-refractivity contribution >= 4 is 5.97 Å². The first-order valence-electron chi connectivity index (χ1n) is 4.05. The molecule has 1 aromatic rings. The zero-order valence-electron chi connectivity index (χ0n) is 7.97. The van der Waals surface area contributed by atoms with Crippen LogP contribution in [0.5, 0.6) is 17.2 Å². The molecule has 0 aliphatic heterocycles. The number of nitrogens with two attached hydrogens (primary N) is 1. The predicted octanol–water partition coefficient (Wildman–Crippen LogP) is -0.0238. The average molecular weight is 213 g/mol. The van der Waals surface area contributed by atoms with E-state index in [0.29, 0.717) is 0 Å². The minimum atomic E-state index is -1.30. The van der Waals surface area contributed by atoms with Gasteiger partial charge in [-0.2, -0.15) is 0 Å². The number of ether oxygens (including phenoxy) is 1. The van der Waals surface area contributed by atoms with Gasteiger partial charge in [-0.1, -0.05) is 0 Å². The van der Waals surface area contributed by atoms with Gasteiger partial charge in [-0.3, -0.25) is 0 Å². The number of hydrogen-bond donors (Lipinski definition) is 4. The van der Waals surface area contributed by atoms with Gasteiger partial charge in [0.15, 0.2) is 0 Å². The minimum Gasteiger partial charge on any atom is -0.508 e. The summed E-state index contributed by atoms with van der Waals surface area (Å²) < 4.78 is 4.36. The Hall–Kier alpha value is -1.95. The van der Waals surface area contributed by atoms with Crippen LogP contribution in [0.2, 0.25) is 0 Å². The van der Waals surface area contributed by atoms with E-state index in [2.05, 4.69) is 4.74 Å². The zero-order chi connectivity index (χ0) is 11.6. The van der Waals surface area contributed by atoms with Crippen LogP contribution in [0, 0.1) is 0 Å². The van der Waals surface area contributed by atoms with E-state index in [1.165, 1.54) is 0 Å². The van der Waals surface area contributed by atoms with Crippen LogP contribution in [0.1, 0.15) is 11.6 Å². The van der Waals surface area contributed by atoms with E-state index in [-0.39, 0.29) is 11.3 Å². The summed E-state index contributed by atoms with van der Waals surface area (Å²) in [5, 5.41) is 27.8. The van der Waals surface area contributed by atoms with Crippen molar-refractivity contribution in [3.63, 3.8) is 0 Å². The molecule has 0 aliphatic carbocycles. The number of methoxy groups -OCH3 is 1. The van der Waals surface area contributed by atoms with Crippen molar-refractivity contribution in [1.82, 2.24) is 0 Å². The third kappa shape index (κ3) is 2.10. The van der Waals surface area contributed by atoms with Crippen LogP contribution >= 0.6 is 0 Å². The molecule has 0 aliphatic rings. The molecule has 1 atom stereocenters. The maximum Gasteiger partial charge on any atom is 0.327 e. The largest absolute Gasteiger partial charge is 0.508 e. The first kappa shape index (κ1) is 11.1. The molecule has 0 bridgehead atoms. The molecule has 1 rings (SSSR count). The number of carbonyl (C=O) groups is 1. The van der Waals surface area contributed by atoms with Crippen LogP contribution < -0.4 is 5.73 Å². The van der Waals surface area contributed by atoms with E-state index in [1.807, 2.05) is 0 Å². The maximum absolute atomic E-state index is 11.1. The quantitative estimate of drug-likeness (QED) is 0.513. The standard InChI is InChI=1S/C9H11NO5/c1-15-9(14)8(10)7-5(12)2-4(11)3-6(7)13/h2-3,8,11-13H,10H2,1H3/t8-/m1/s1. The molecule has 0 radical (unpaired) electrons. The lowest BCUT2D eigenvalue weighted by atomic mass is 10.1. The number of phenols is 3. The highest BCUT2D eigenvalue weighted by atomic mass is 16.5. The topological polar surface area (TPSA) is 113 Å². The molecule has 0 unspecified atom stereocenters. The SMILES string of the molecule is COC(=O)[C@H](N)c1c(O)cc(O)cc1O. The van der Waals surface area contributed by atoms with E-state index >= 15 is 0 Å². The molecule has 0 heterocycles. The lowest BCUT2D eigenvalue weighted by molar-refractivity contribution is -0.142. The highest BCUT2D eigenvalue weighted by Crippen LogP contribution is 2.35. The van der Waals surface area contributed by atoms with Crippen LogP contribution in [-0.2, 0) is 9.53 Å². The van der Waals surface area contributed by atoms with Gasteiger partial charge in [-0.15, -0.1) is 0 Å². The Balaban J connectivity index is 3.19. The first-order chi connectivity index (χ1) is 6.97. The van der Waals surface area contributed by atoms with E-state index in [1.54, 1.807) is 0 Å². The summed E-state index contributed by atoms with van der Waals surface area (Å²) in [7, 11) is 1.14. The van der Waals surface area contributed by atoms with Gasteiger partial charge in [0.2, 0.25) is 0 Å². The second-order valence-electron chi connectivity index (χ2n) is 2.90. The number of hydrogen-bond acceptors (Lipinski definition) is 6. The number of benzene rings is 1. The molecule has 0 amide bonds. The molecular formula is C9H11NO5. The van der Waals surface area contributed by atoms with Crippen molar-refractivity contribution in [1.29, 1.82) is 0 Å². The molecular weight excluding hydrogens is 202 g/mol. The Bertz CT molecular complexity index is 367. The number of esters is 1. The summed E-state index contributed by atoms with van der Waals surface area (Å²) in [6.07, 6.45) is 0. The molecule has 0 spiro atoms. The monoisotopic (exact) mass is 213 g/mol. The second-order valence-corrected chi connectivity index (χ2v) is 2.90. The van der Waals surface area contributed by atoms with Gasteiger partial charge in [0.05, 0.1) is 12.7 Å². The first-order valence-corrected chi connectivity index (χ1v) is 4.05. The summed E-state index contributed by atoms with van der Waals surface area (Å²) in [4.78, 5) is 11.1. The van der Waals surface area contributed by atoms with Crippen molar-refractivity contribution in [2.45, 2.75) is 6.04 Å². The Morgan fingerprint density at radius 3 is 2.20 bits per heavy atom. The third-order valence-corrected chi connectivity index (χ3v) is 1.89. The molecule has 5 N–H and O–H groups in total. The molecule has 0 aromatic heterocycles. The number of rotatable bonds is 2. The van der Waals surface area contributed by atoms with Crippen LogP contribution in [0.3, 0.4) is 0 Å². The molecule has 0 saturated carbocycles. The minimum absolute atomic E-state index is 0.181. The third-order valence-electron chi connectivity index (χ3n) is 1.89. The Morgan fingerprint density at radius 1 is 1.33 bits per heavy atom. The van der Waals surface area contributed by atoms with Crippen LogP contribution in [-0.4, -0.2) is 28.4 Å². The number of aromatic hydroxyl groups is 3. The Kier molecular flexibility index (Phi) is 3.01. The molecule has 15 heavy (non-hydrogen) atoms. The van der Waals surface area contributed by atoms with Gasteiger partial charge in [0, 0.05) is 12.1 Å². The lowest BCUT2D eigenvalue weighted by Gasteiger charge is -2.13. The van der Waals surface area contributed by atoms with Gasteiger partial charge in [-0.25, -0.2) is 4.79 Å². The normalized spacial score (nSPS) is 12.1. The van der Waals surface area contributed by atoms with Gasteiger partial charge < -0.3 is 25.8 Å². The fourth-order valence-electron chi connectivity index (χ4n) is 1.17. The summed E-state index contributed by atoms with van der Waals surface area (Å²) >= 11 is 0. The summed E-state index contributed by atoms with van der Waals surface area (Å²) in [5.41, 5.74) is 5.24.